The smallest absolute Gasteiger partial charge is 0.0489 e. The van der Waals surface area contributed by atoms with Crippen LogP contribution in [0.5, 0.6) is 0 Å². The normalized spacial score (nSPS) is 11.7. The molecule has 0 bridgehead atoms. The maximum Gasteiger partial charge on any atom is 0.0489 e. The molecule has 0 aliphatic rings. The molecule has 1 heterocycles. The Labute approximate surface area is 130 Å². The highest BCUT2D eigenvalue weighted by Gasteiger charge is 2.07. The van der Waals surface area contributed by atoms with Crippen LogP contribution in [0.1, 0.15) is 11.1 Å². The number of fused-ring (bicyclic) bond motifs is 3. The molecule has 0 spiro atoms. The van der Waals surface area contributed by atoms with E-state index in [1.165, 1.54) is 32.9 Å². The first-order chi connectivity index (χ1) is 10.8. The molecule has 4 rings (SSSR count). The van der Waals surface area contributed by atoms with Crippen molar-refractivity contribution in [3.05, 3.63) is 83.9 Å². The van der Waals surface area contributed by atoms with Gasteiger partial charge in [-0.05, 0) is 29.3 Å². The van der Waals surface area contributed by atoms with E-state index < -0.39 is 0 Å². The second-order valence-electron chi connectivity index (χ2n) is 5.60. The average molecular weight is 283 g/mol. The SMILES string of the molecule is Cn1c2ccccc2c2cc(/C=C/c3ccccc3)ccc21. The van der Waals surface area contributed by atoms with Crippen LogP contribution in [-0.4, -0.2) is 4.57 Å². The topological polar surface area (TPSA) is 4.93 Å². The fourth-order valence-electron chi connectivity index (χ4n) is 3.05. The Balaban J connectivity index is 1.84. The van der Waals surface area contributed by atoms with Crippen LogP contribution in [0.25, 0.3) is 34.0 Å². The molecule has 1 nitrogen and oxygen atoms in total. The number of aryl methyl sites for hydroxylation is 1. The lowest BCUT2D eigenvalue weighted by Crippen LogP contribution is -1.85. The minimum Gasteiger partial charge on any atom is -0.344 e. The van der Waals surface area contributed by atoms with Crippen LogP contribution in [0.15, 0.2) is 72.8 Å². The quantitative estimate of drug-likeness (QED) is 0.428. The molecule has 0 radical (unpaired) electrons. The summed E-state index contributed by atoms with van der Waals surface area (Å²) in [6.45, 7) is 0. The molecule has 1 heteroatoms. The van der Waals surface area contributed by atoms with Crippen molar-refractivity contribution in [3.8, 4) is 0 Å². The van der Waals surface area contributed by atoms with E-state index in [4.69, 9.17) is 0 Å². The zero-order valence-electron chi connectivity index (χ0n) is 12.5. The van der Waals surface area contributed by atoms with E-state index >= 15 is 0 Å². The van der Waals surface area contributed by atoms with Crippen LogP contribution < -0.4 is 0 Å². The maximum atomic E-state index is 2.27. The molecule has 0 N–H and O–H groups in total. The van der Waals surface area contributed by atoms with E-state index in [0.717, 1.165) is 0 Å². The molecule has 3 aromatic carbocycles. The number of hydrogen-bond donors (Lipinski definition) is 0. The average Bonchev–Trinajstić information content (AvgIpc) is 2.87. The van der Waals surface area contributed by atoms with Crippen molar-refractivity contribution >= 4 is 34.0 Å². The van der Waals surface area contributed by atoms with Gasteiger partial charge >= 0.3 is 0 Å². The summed E-state index contributed by atoms with van der Waals surface area (Å²) in [6.07, 6.45) is 4.34. The third kappa shape index (κ3) is 2.11. The molecule has 0 atom stereocenters. The molecule has 0 fully saturated rings. The summed E-state index contributed by atoms with van der Waals surface area (Å²) in [5.41, 5.74) is 5.01. The summed E-state index contributed by atoms with van der Waals surface area (Å²) in [7, 11) is 2.13. The number of benzene rings is 3. The molecule has 0 saturated carbocycles. The lowest BCUT2D eigenvalue weighted by Gasteiger charge is -1.99. The summed E-state index contributed by atoms with van der Waals surface area (Å²) in [6, 6.07) is 25.6. The van der Waals surface area contributed by atoms with Crippen LogP contribution in [-0.2, 0) is 7.05 Å². The van der Waals surface area contributed by atoms with Crippen molar-refractivity contribution < 1.29 is 0 Å². The molecule has 4 aromatic rings. The Morgan fingerprint density at radius 3 is 2.18 bits per heavy atom. The van der Waals surface area contributed by atoms with Gasteiger partial charge in [-0.2, -0.15) is 0 Å². The van der Waals surface area contributed by atoms with Gasteiger partial charge in [0.1, 0.15) is 0 Å². The van der Waals surface area contributed by atoms with Crippen LogP contribution in [0, 0.1) is 0 Å². The van der Waals surface area contributed by atoms with E-state index in [9.17, 15) is 0 Å². The largest absolute Gasteiger partial charge is 0.344 e. The number of rotatable bonds is 2. The van der Waals surface area contributed by atoms with Crippen molar-refractivity contribution in [2.24, 2.45) is 7.05 Å². The van der Waals surface area contributed by atoms with Gasteiger partial charge in [-0.3, -0.25) is 0 Å². The molecule has 22 heavy (non-hydrogen) atoms. The standard InChI is InChI=1S/C21H17N/c1-22-20-10-6-5-9-18(20)19-15-17(13-14-21(19)22)12-11-16-7-3-2-4-8-16/h2-15H,1H3/b12-11+. The molecule has 0 aliphatic heterocycles. The summed E-state index contributed by atoms with van der Waals surface area (Å²) >= 11 is 0. The fraction of sp³-hybridized carbons (Fsp3) is 0.0476. The molecule has 0 amide bonds. The Morgan fingerprint density at radius 2 is 1.32 bits per heavy atom. The van der Waals surface area contributed by atoms with Gasteiger partial charge in [0.05, 0.1) is 0 Å². The van der Waals surface area contributed by atoms with Gasteiger partial charge in [0.2, 0.25) is 0 Å². The van der Waals surface area contributed by atoms with E-state index in [-0.39, 0.29) is 0 Å². The Hall–Kier alpha value is -2.80. The summed E-state index contributed by atoms with van der Waals surface area (Å²) in [5.74, 6) is 0. The lowest BCUT2D eigenvalue weighted by atomic mass is 10.1. The third-order valence-electron chi connectivity index (χ3n) is 4.21. The predicted octanol–water partition coefficient (Wildman–Crippen LogP) is 5.50. The lowest BCUT2D eigenvalue weighted by molar-refractivity contribution is 1.01. The van der Waals surface area contributed by atoms with Crippen molar-refractivity contribution in [3.63, 3.8) is 0 Å². The van der Waals surface area contributed by atoms with Crippen molar-refractivity contribution in [2.45, 2.75) is 0 Å². The monoisotopic (exact) mass is 283 g/mol. The molecule has 0 aliphatic carbocycles. The Kier molecular flexibility index (Phi) is 3.05. The summed E-state index contributed by atoms with van der Waals surface area (Å²) < 4.78 is 2.26. The minimum atomic E-state index is 1.22. The number of para-hydroxylation sites is 1. The first-order valence-electron chi connectivity index (χ1n) is 7.53. The Morgan fingerprint density at radius 1 is 0.636 bits per heavy atom. The van der Waals surface area contributed by atoms with Gasteiger partial charge in [0.15, 0.2) is 0 Å². The number of hydrogen-bond acceptors (Lipinski definition) is 0. The molecule has 0 saturated heterocycles. The van der Waals surface area contributed by atoms with Gasteiger partial charge in [0.25, 0.3) is 0 Å². The van der Waals surface area contributed by atoms with Gasteiger partial charge in [-0.15, -0.1) is 0 Å². The zero-order chi connectivity index (χ0) is 14.9. The molecule has 0 unspecified atom stereocenters. The maximum absolute atomic E-state index is 2.27. The molecule has 1 aromatic heterocycles. The zero-order valence-corrected chi connectivity index (χ0v) is 12.5. The van der Waals surface area contributed by atoms with Crippen LogP contribution in [0.2, 0.25) is 0 Å². The predicted molar refractivity (Wildman–Crippen MR) is 95.8 cm³/mol. The summed E-state index contributed by atoms with van der Waals surface area (Å²) in [4.78, 5) is 0. The second-order valence-corrected chi connectivity index (χ2v) is 5.60. The first kappa shape index (κ1) is 12.9. The first-order valence-corrected chi connectivity index (χ1v) is 7.53. The van der Waals surface area contributed by atoms with Crippen LogP contribution in [0.3, 0.4) is 0 Å². The molecule has 106 valence electrons. The molecular formula is C21H17N. The Bertz CT molecular complexity index is 975. The highest BCUT2D eigenvalue weighted by atomic mass is 14.9. The van der Waals surface area contributed by atoms with Crippen LogP contribution in [0.4, 0.5) is 0 Å². The second kappa shape index (κ2) is 5.19. The minimum absolute atomic E-state index is 1.22. The van der Waals surface area contributed by atoms with E-state index in [0.29, 0.717) is 0 Å². The van der Waals surface area contributed by atoms with Gasteiger partial charge < -0.3 is 4.57 Å². The van der Waals surface area contributed by atoms with Gasteiger partial charge in [-0.25, -0.2) is 0 Å². The number of nitrogens with zero attached hydrogens (tertiary/aromatic N) is 1. The van der Waals surface area contributed by atoms with Crippen molar-refractivity contribution in [1.82, 2.24) is 4.57 Å². The van der Waals surface area contributed by atoms with E-state index in [2.05, 4.69) is 90.5 Å². The van der Waals surface area contributed by atoms with Crippen molar-refractivity contribution in [2.75, 3.05) is 0 Å². The highest BCUT2D eigenvalue weighted by molar-refractivity contribution is 6.08. The van der Waals surface area contributed by atoms with Crippen molar-refractivity contribution in [1.29, 1.82) is 0 Å². The van der Waals surface area contributed by atoms with E-state index in [1.54, 1.807) is 0 Å². The number of aromatic nitrogens is 1. The summed E-state index contributed by atoms with van der Waals surface area (Å²) in [5, 5.41) is 2.63. The third-order valence-corrected chi connectivity index (χ3v) is 4.21. The fourth-order valence-corrected chi connectivity index (χ4v) is 3.05. The molecular weight excluding hydrogens is 266 g/mol. The van der Waals surface area contributed by atoms with Gasteiger partial charge in [-0.1, -0.05) is 66.7 Å². The van der Waals surface area contributed by atoms with Gasteiger partial charge in [0, 0.05) is 28.9 Å². The van der Waals surface area contributed by atoms with Crippen LogP contribution >= 0.6 is 0 Å². The highest BCUT2D eigenvalue weighted by Crippen LogP contribution is 2.29. The van der Waals surface area contributed by atoms with E-state index in [1.807, 2.05) is 6.07 Å².